The zero-order chi connectivity index (χ0) is 9.42. The topological polar surface area (TPSA) is 26.0 Å². The highest BCUT2D eigenvalue weighted by atomic mass is 35.5. The summed E-state index contributed by atoms with van der Waals surface area (Å²) in [5.41, 5.74) is 8.39. The molecule has 13 heavy (non-hydrogen) atoms. The van der Waals surface area contributed by atoms with Gasteiger partial charge in [-0.3, -0.25) is 0 Å². The molecule has 0 aliphatic heterocycles. The van der Waals surface area contributed by atoms with Gasteiger partial charge < -0.3 is 5.73 Å². The Kier molecular flexibility index (Phi) is 2.50. The van der Waals surface area contributed by atoms with Crippen LogP contribution < -0.4 is 5.73 Å². The van der Waals surface area contributed by atoms with E-state index < -0.39 is 0 Å². The lowest BCUT2D eigenvalue weighted by molar-refractivity contribution is 0.570. The second-order valence-electron chi connectivity index (χ2n) is 3.46. The highest BCUT2D eigenvalue weighted by Crippen LogP contribution is 2.34. The number of halogens is 2. The van der Waals surface area contributed by atoms with Gasteiger partial charge in [0, 0.05) is 6.04 Å². The van der Waals surface area contributed by atoms with Crippen molar-refractivity contribution in [2.75, 3.05) is 0 Å². The fraction of sp³-hybridized carbons (Fsp3) is 0.400. The van der Waals surface area contributed by atoms with Crippen LogP contribution in [0.5, 0.6) is 0 Å². The summed E-state index contributed by atoms with van der Waals surface area (Å²) in [5, 5.41) is 1.24. The summed E-state index contributed by atoms with van der Waals surface area (Å²) in [6.45, 7) is 0. The van der Waals surface area contributed by atoms with Crippen molar-refractivity contribution in [3.63, 3.8) is 0 Å². The summed E-state index contributed by atoms with van der Waals surface area (Å²) in [4.78, 5) is 0. The van der Waals surface area contributed by atoms with E-state index in [9.17, 15) is 0 Å². The minimum Gasteiger partial charge on any atom is -0.324 e. The van der Waals surface area contributed by atoms with Gasteiger partial charge in [0.25, 0.3) is 0 Å². The Morgan fingerprint density at radius 1 is 1.23 bits per heavy atom. The standard InChI is InChI=1S/C10H11Cl2N/c11-8-4-6-2-1-3-10(13)7(6)5-9(8)12/h4-5,10H,1-3,13H2. The van der Waals surface area contributed by atoms with Crippen LogP contribution in [0.15, 0.2) is 12.1 Å². The van der Waals surface area contributed by atoms with Crippen molar-refractivity contribution in [3.05, 3.63) is 33.3 Å². The van der Waals surface area contributed by atoms with Crippen LogP contribution in [0.4, 0.5) is 0 Å². The molecule has 3 heteroatoms. The summed E-state index contributed by atoms with van der Waals surface area (Å²) in [7, 11) is 0. The second kappa shape index (κ2) is 3.49. The number of fused-ring (bicyclic) bond motifs is 1. The van der Waals surface area contributed by atoms with Gasteiger partial charge in [-0.2, -0.15) is 0 Å². The van der Waals surface area contributed by atoms with Crippen LogP contribution in [0, 0.1) is 0 Å². The molecule has 1 aromatic carbocycles. The predicted molar refractivity (Wildman–Crippen MR) is 56.3 cm³/mol. The lowest BCUT2D eigenvalue weighted by atomic mass is 9.88. The number of hydrogen-bond donors (Lipinski definition) is 1. The molecule has 1 aliphatic rings. The normalized spacial score (nSPS) is 21.3. The fourth-order valence-corrected chi connectivity index (χ4v) is 2.19. The smallest absolute Gasteiger partial charge is 0.0595 e. The zero-order valence-electron chi connectivity index (χ0n) is 7.19. The Hall–Kier alpha value is -0.240. The average molecular weight is 216 g/mol. The molecule has 0 aromatic heterocycles. The van der Waals surface area contributed by atoms with Gasteiger partial charge in [0.1, 0.15) is 0 Å². The summed E-state index contributed by atoms with van der Waals surface area (Å²) in [6, 6.07) is 3.99. The first kappa shape index (κ1) is 9.32. The Morgan fingerprint density at radius 3 is 2.69 bits per heavy atom. The van der Waals surface area contributed by atoms with Crippen LogP contribution in [-0.2, 0) is 6.42 Å². The van der Waals surface area contributed by atoms with E-state index in [1.807, 2.05) is 12.1 Å². The summed E-state index contributed by atoms with van der Waals surface area (Å²) >= 11 is 11.8. The number of hydrogen-bond acceptors (Lipinski definition) is 1. The molecule has 2 N–H and O–H groups in total. The largest absolute Gasteiger partial charge is 0.324 e. The Bertz CT molecular complexity index is 336. The minimum absolute atomic E-state index is 0.138. The van der Waals surface area contributed by atoms with Gasteiger partial charge in [-0.15, -0.1) is 0 Å². The quantitative estimate of drug-likeness (QED) is 0.707. The second-order valence-corrected chi connectivity index (χ2v) is 4.28. The molecular formula is C10H11Cl2N. The van der Waals surface area contributed by atoms with Crippen LogP contribution in [0.25, 0.3) is 0 Å². The van der Waals surface area contributed by atoms with E-state index in [1.165, 1.54) is 11.1 Å². The first-order chi connectivity index (χ1) is 6.18. The number of benzene rings is 1. The van der Waals surface area contributed by atoms with Crippen LogP contribution in [0.1, 0.15) is 30.0 Å². The maximum Gasteiger partial charge on any atom is 0.0595 e. The van der Waals surface area contributed by atoms with Crippen LogP contribution in [0.3, 0.4) is 0 Å². The van der Waals surface area contributed by atoms with Crippen molar-refractivity contribution in [2.24, 2.45) is 5.73 Å². The molecule has 1 aromatic rings. The van der Waals surface area contributed by atoms with Crippen molar-refractivity contribution in [3.8, 4) is 0 Å². The highest BCUT2D eigenvalue weighted by Gasteiger charge is 2.17. The monoisotopic (exact) mass is 215 g/mol. The molecule has 0 bridgehead atoms. The fourth-order valence-electron chi connectivity index (χ4n) is 1.83. The third-order valence-electron chi connectivity index (χ3n) is 2.54. The van der Waals surface area contributed by atoms with E-state index >= 15 is 0 Å². The first-order valence-electron chi connectivity index (χ1n) is 4.42. The van der Waals surface area contributed by atoms with Crippen molar-refractivity contribution in [2.45, 2.75) is 25.3 Å². The maximum atomic E-state index is 5.96. The molecule has 70 valence electrons. The molecule has 0 saturated carbocycles. The summed E-state index contributed by atoms with van der Waals surface area (Å²) in [5.74, 6) is 0. The van der Waals surface area contributed by atoms with E-state index in [-0.39, 0.29) is 6.04 Å². The molecule has 1 unspecified atom stereocenters. The Labute approximate surface area is 87.8 Å². The molecule has 0 radical (unpaired) electrons. The van der Waals surface area contributed by atoms with Crippen LogP contribution in [-0.4, -0.2) is 0 Å². The van der Waals surface area contributed by atoms with E-state index in [2.05, 4.69) is 0 Å². The number of rotatable bonds is 0. The average Bonchev–Trinajstić information content (AvgIpc) is 2.09. The minimum atomic E-state index is 0.138. The molecule has 1 nitrogen and oxygen atoms in total. The predicted octanol–water partition coefficient (Wildman–Crippen LogP) is 3.33. The highest BCUT2D eigenvalue weighted by molar-refractivity contribution is 6.42. The first-order valence-corrected chi connectivity index (χ1v) is 5.17. The van der Waals surface area contributed by atoms with Crippen molar-refractivity contribution in [1.82, 2.24) is 0 Å². The lowest BCUT2D eigenvalue weighted by Gasteiger charge is -2.22. The molecule has 1 atom stereocenters. The van der Waals surface area contributed by atoms with Gasteiger partial charge in [-0.25, -0.2) is 0 Å². The third-order valence-corrected chi connectivity index (χ3v) is 3.26. The molecule has 0 saturated heterocycles. The van der Waals surface area contributed by atoms with Gasteiger partial charge >= 0.3 is 0 Å². The van der Waals surface area contributed by atoms with Crippen molar-refractivity contribution >= 4 is 23.2 Å². The van der Waals surface area contributed by atoms with Gasteiger partial charge in [-0.05, 0) is 42.5 Å². The molecule has 1 aliphatic carbocycles. The Balaban J connectivity index is 2.52. The molecule has 0 heterocycles. The van der Waals surface area contributed by atoms with Crippen LogP contribution in [0.2, 0.25) is 10.0 Å². The van der Waals surface area contributed by atoms with E-state index in [0.29, 0.717) is 10.0 Å². The summed E-state index contributed by atoms with van der Waals surface area (Å²) < 4.78 is 0. The maximum absolute atomic E-state index is 5.96. The van der Waals surface area contributed by atoms with Gasteiger partial charge in [0.2, 0.25) is 0 Å². The number of nitrogens with two attached hydrogens (primary N) is 1. The number of aryl methyl sites for hydroxylation is 1. The molecule has 0 spiro atoms. The lowest BCUT2D eigenvalue weighted by Crippen LogP contribution is -2.17. The van der Waals surface area contributed by atoms with Gasteiger partial charge in [0.15, 0.2) is 0 Å². The van der Waals surface area contributed by atoms with E-state index in [1.54, 1.807) is 0 Å². The van der Waals surface area contributed by atoms with Crippen molar-refractivity contribution in [1.29, 1.82) is 0 Å². The third kappa shape index (κ3) is 1.69. The molecule has 0 fully saturated rings. The van der Waals surface area contributed by atoms with Crippen molar-refractivity contribution < 1.29 is 0 Å². The van der Waals surface area contributed by atoms with Gasteiger partial charge in [0.05, 0.1) is 10.0 Å². The molecule has 2 rings (SSSR count). The molecule has 0 amide bonds. The SMILES string of the molecule is NC1CCCc2cc(Cl)c(Cl)cc21. The van der Waals surface area contributed by atoms with E-state index in [0.717, 1.165) is 19.3 Å². The molecular weight excluding hydrogens is 205 g/mol. The summed E-state index contributed by atoms with van der Waals surface area (Å²) in [6.07, 6.45) is 3.26. The van der Waals surface area contributed by atoms with Crippen LogP contribution >= 0.6 is 23.2 Å². The van der Waals surface area contributed by atoms with E-state index in [4.69, 9.17) is 28.9 Å². The van der Waals surface area contributed by atoms with Gasteiger partial charge in [-0.1, -0.05) is 23.2 Å². The zero-order valence-corrected chi connectivity index (χ0v) is 8.70. The Morgan fingerprint density at radius 2 is 1.92 bits per heavy atom.